The molecule has 6 heteroatoms. The van der Waals surface area contributed by atoms with Crippen molar-refractivity contribution in [3.63, 3.8) is 0 Å². The third kappa shape index (κ3) is 3.53. The summed E-state index contributed by atoms with van der Waals surface area (Å²) in [5, 5.41) is 2.88. The highest BCUT2D eigenvalue weighted by Gasteiger charge is 2.15. The molecule has 1 N–H and O–H groups in total. The van der Waals surface area contributed by atoms with Gasteiger partial charge >= 0.3 is 0 Å². The normalized spacial score (nSPS) is 10.8. The second-order valence-corrected chi connectivity index (χ2v) is 6.43. The van der Waals surface area contributed by atoms with Crippen molar-refractivity contribution < 1.29 is 9.59 Å². The number of hydrogen-bond donors (Lipinski definition) is 1. The Bertz CT molecular complexity index is 1150. The number of Topliss-reactive ketones (excluding diaryl/α,β-unsaturated/α-hetero) is 1. The molecule has 0 aliphatic rings. The fourth-order valence-electron chi connectivity index (χ4n) is 3.09. The Kier molecular flexibility index (Phi) is 4.68. The van der Waals surface area contributed by atoms with Gasteiger partial charge in [-0.05, 0) is 55.5 Å². The lowest BCUT2D eigenvalue weighted by Crippen LogP contribution is -2.19. The summed E-state index contributed by atoms with van der Waals surface area (Å²) < 4.78 is 1.89. The smallest absolute Gasteiger partial charge is 0.244 e. The number of amides is 1. The third-order valence-corrected chi connectivity index (χ3v) is 4.47. The zero-order chi connectivity index (χ0) is 19.5. The van der Waals surface area contributed by atoms with Crippen LogP contribution in [0.3, 0.4) is 0 Å². The molecule has 0 aliphatic heterocycles. The number of nitrogens with zero attached hydrogens (tertiary/aromatic N) is 3. The molecule has 2 heterocycles. The Morgan fingerprint density at radius 2 is 1.68 bits per heavy atom. The first-order valence-electron chi connectivity index (χ1n) is 8.88. The maximum absolute atomic E-state index is 12.7. The van der Waals surface area contributed by atoms with Gasteiger partial charge in [0, 0.05) is 29.2 Å². The van der Waals surface area contributed by atoms with Gasteiger partial charge in [0.2, 0.25) is 5.91 Å². The molecule has 0 fully saturated rings. The van der Waals surface area contributed by atoms with Crippen LogP contribution in [0, 0.1) is 0 Å². The van der Waals surface area contributed by atoms with Gasteiger partial charge in [0.05, 0.1) is 11.0 Å². The van der Waals surface area contributed by atoms with Crippen LogP contribution in [0.25, 0.3) is 22.4 Å². The van der Waals surface area contributed by atoms with Crippen molar-refractivity contribution in [3.8, 4) is 11.4 Å². The number of para-hydroxylation sites is 2. The Morgan fingerprint density at radius 1 is 0.964 bits per heavy atom. The molecule has 4 aromatic rings. The molecule has 0 saturated heterocycles. The van der Waals surface area contributed by atoms with E-state index in [0.717, 1.165) is 16.6 Å². The Balaban J connectivity index is 1.63. The molecule has 2 aromatic carbocycles. The van der Waals surface area contributed by atoms with Gasteiger partial charge in [-0.1, -0.05) is 12.1 Å². The standard InChI is InChI=1S/C22H18N4O2/c1-15(27)16-6-8-18(9-7-16)24-21(28)14-26-20-5-3-2-4-19(20)25-22(26)17-10-12-23-13-11-17/h2-13H,14H2,1H3,(H,24,28). The average molecular weight is 370 g/mol. The number of imidazole rings is 1. The summed E-state index contributed by atoms with van der Waals surface area (Å²) in [6.45, 7) is 1.63. The van der Waals surface area contributed by atoms with E-state index in [1.54, 1.807) is 36.7 Å². The fraction of sp³-hybridized carbons (Fsp3) is 0.0909. The van der Waals surface area contributed by atoms with Gasteiger partial charge in [0.1, 0.15) is 12.4 Å². The monoisotopic (exact) mass is 370 g/mol. The number of ketones is 1. The molecule has 0 unspecified atom stereocenters. The molecule has 0 atom stereocenters. The molecule has 0 radical (unpaired) electrons. The number of nitrogens with one attached hydrogen (secondary N) is 1. The minimum absolute atomic E-state index is 0.00949. The quantitative estimate of drug-likeness (QED) is 0.540. The summed E-state index contributed by atoms with van der Waals surface area (Å²) in [6, 6.07) is 18.3. The van der Waals surface area contributed by atoms with E-state index in [9.17, 15) is 9.59 Å². The summed E-state index contributed by atoms with van der Waals surface area (Å²) in [5.41, 5.74) is 3.86. The molecule has 4 rings (SSSR count). The molecule has 6 nitrogen and oxygen atoms in total. The van der Waals surface area contributed by atoms with Gasteiger partial charge in [0.15, 0.2) is 5.78 Å². The van der Waals surface area contributed by atoms with Gasteiger partial charge in [-0.25, -0.2) is 4.98 Å². The first kappa shape index (κ1) is 17.6. The van der Waals surface area contributed by atoms with Crippen LogP contribution in [0.2, 0.25) is 0 Å². The van der Waals surface area contributed by atoms with Gasteiger partial charge in [-0.2, -0.15) is 0 Å². The number of carbonyl (C=O) groups excluding carboxylic acids is 2. The lowest BCUT2D eigenvalue weighted by molar-refractivity contribution is -0.116. The Hall–Kier alpha value is -3.80. The van der Waals surface area contributed by atoms with Crippen molar-refractivity contribution >= 4 is 28.4 Å². The SMILES string of the molecule is CC(=O)c1ccc(NC(=O)Cn2c(-c3ccncc3)nc3ccccc32)cc1. The summed E-state index contributed by atoms with van der Waals surface area (Å²) >= 11 is 0. The zero-order valence-corrected chi connectivity index (χ0v) is 15.3. The van der Waals surface area contributed by atoms with Crippen LogP contribution in [0.1, 0.15) is 17.3 Å². The summed E-state index contributed by atoms with van der Waals surface area (Å²) in [6.07, 6.45) is 3.41. The number of fused-ring (bicyclic) bond motifs is 1. The van der Waals surface area contributed by atoms with Crippen LogP contribution in [0.15, 0.2) is 73.1 Å². The van der Waals surface area contributed by atoms with Crippen molar-refractivity contribution in [1.82, 2.24) is 14.5 Å². The second kappa shape index (κ2) is 7.44. The molecule has 2 aromatic heterocycles. The summed E-state index contributed by atoms with van der Waals surface area (Å²) in [7, 11) is 0. The van der Waals surface area contributed by atoms with Crippen molar-refractivity contribution in [2.75, 3.05) is 5.32 Å². The number of anilines is 1. The van der Waals surface area contributed by atoms with E-state index in [1.165, 1.54) is 6.92 Å². The average Bonchev–Trinajstić information content (AvgIpc) is 3.07. The Labute approximate surface area is 161 Å². The lowest BCUT2D eigenvalue weighted by Gasteiger charge is -2.10. The minimum atomic E-state index is -0.172. The summed E-state index contributed by atoms with van der Waals surface area (Å²) in [4.78, 5) is 32.8. The number of carbonyl (C=O) groups is 2. The molecule has 0 bridgehead atoms. The van der Waals surface area contributed by atoms with Crippen molar-refractivity contribution in [2.45, 2.75) is 13.5 Å². The van der Waals surface area contributed by atoms with Crippen LogP contribution in [0.5, 0.6) is 0 Å². The fourth-order valence-corrected chi connectivity index (χ4v) is 3.09. The molecular weight excluding hydrogens is 352 g/mol. The van der Waals surface area contributed by atoms with Crippen LogP contribution in [0.4, 0.5) is 5.69 Å². The van der Waals surface area contributed by atoms with E-state index < -0.39 is 0 Å². The third-order valence-electron chi connectivity index (χ3n) is 4.47. The molecule has 0 aliphatic carbocycles. The predicted molar refractivity (Wildman–Crippen MR) is 108 cm³/mol. The van der Waals surface area contributed by atoms with Crippen molar-refractivity contribution in [3.05, 3.63) is 78.6 Å². The lowest BCUT2D eigenvalue weighted by atomic mass is 10.1. The molecule has 0 spiro atoms. The van der Waals surface area contributed by atoms with Gasteiger partial charge in [0.25, 0.3) is 0 Å². The summed E-state index contributed by atoms with van der Waals surface area (Å²) in [5.74, 6) is 0.532. The van der Waals surface area contributed by atoms with Crippen molar-refractivity contribution in [2.24, 2.45) is 0 Å². The van der Waals surface area contributed by atoms with E-state index in [4.69, 9.17) is 4.98 Å². The van der Waals surface area contributed by atoms with Gasteiger partial charge in [-0.15, -0.1) is 0 Å². The van der Waals surface area contributed by atoms with Crippen LogP contribution >= 0.6 is 0 Å². The molecule has 1 amide bonds. The number of hydrogen-bond acceptors (Lipinski definition) is 4. The molecule has 28 heavy (non-hydrogen) atoms. The first-order chi connectivity index (χ1) is 13.6. The van der Waals surface area contributed by atoms with Crippen LogP contribution in [-0.4, -0.2) is 26.2 Å². The molecule has 0 saturated carbocycles. The highest BCUT2D eigenvalue weighted by atomic mass is 16.2. The maximum Gasteiger partial charge on any atom is 0.244 e. The van der Waals surface area contributed by atoms with E-state index in [0.29, 0.717) is 17.1 Å². The first-order valence-corrected chi connectivity index (χ1v) is 8.88. The second-order valence-electron chi connectivity index (χ2n) is 6.43. The number of aromatic nitrogens is 3. The predicted octanol–water partition coefficient (Wildman–Crippen LogP) is 3.94. The topological polar surface area (TPSA) is 76.9 Å². The van der Waals surface area contributed by atoms with Crippen LogP contribution in [-0.2, 0) is 11.3 Å². The number of rotatable bonds is 5. The Morgan fingerprint density at radius 3 is 2.39 bits per heavy atom. The van der Waals surface area contributed by atoms with E-state index in [1.807, 2.05) is 41.0 Å². The largest absolute Gasteiger partial charge is 0.325 e. The number of pyridine rings is 1. The minimum Gasteiger partial charge on any atom is -0.325 e. The van der Waals surface area contributed by atoms with Crippen LogP contribution < -0.4 is 5.32 Å². The van der Waals surface area contributed by atoms with Crippen molar-refractivity contribution in [1.29, 1.82) is 0 Å². The van der Waals surface area contributed by atoms with E-state index in [2.05, 4.69) is 10.3 Å². The highest BCUT2D eigenvalue weighted by Crippen LogP contribution is 2.24. The van der Waals surface area contributed by atoms with E-state index >= 15 is 0 Å². The zero-order valence-electron chi connectivity index (χ0n) is 15.3. The molecular formula is C22H18N4O2. The maximum atomic E-state index is 12.7. The highest BCUT2D eigenvalue weighted by molar-refractivity contribution is 5.96. The number of benzene rings is 2. The van der Waals surface area contributed by atoms with E-state index in [-0.39, 0.29) is 18.2 Å². The van der Waals surface area contributed by atoms with Gasteiger partial charge < -0.3 is 9.88 Å². The van der Waals surface area contributed by atoms with Gasteiger partial charge in [-0.3, -0.25) is 14.6 Å². The molecule has 138 valence electrons.